The van der Waals surface area contributed by atoms with Gasteiger partial charge in [-0.1, -0.05) is 11.6 Å². The second-order valence-electron chi connectivity index (χ2n) is 4.05. The lowest BCUT2D eigenvalue weighted by molar-refractivity contribution is 0.337. The molecule has 0 aliphatic heterocycles. The van der Waals surface area contributed by atoms with Crippen LogP contribution in [0.5, 0.6) is 5.75 Å². The third kappa shape index (κ3) is 4.70. The van der Waals surface area contributed by atoms with Crippen LogP contribution in [0.1, 0.15) is 26.3 Å². The first kappa shape index (κ1) is 13.9. The molecular weight excluding hydrogens is 234 g/mol. The third-order valence-corrected chi connectivity index (χ3v) is 2.61. The van der Waals surface area contributed by atoms with Gasteiger partial charge in [0.25, 0.3) is 0 Å². The van der Waals surface area contributed by atoms with Crippen LogP contribution in [0.2, 0.25) is 0 Å². The van der Waals surface area contributed by atoms with Crippen molar-refractivity contribution in [3.63, 3.8) is 0 Å². The summed E-state index contributed by atoms with van der Waals surface area (Å²) in [6, 6.07) is 6.02. The molecule has 0 aromatic heterocycles. The van der Waals surface area contributed by atoms with Crippen LogP contribution in [0, 0.1) is 0 Å². The number of alkyl halides is 1. The van der Waals surface area contributed by atoms with Crippen LogP contribution in [0.3, 0.4) is 0 Å². The predicted octanol–water partition coefficient (Wildman–Crippen LogP) is 4.20. The van der Waals surface area contributed by atoms with E-state index in [0.717, 1.165) is 23.5 Å². The Labute approximate surface area is 109 Å². The lowest BCUT2D eigenvalue weighted by Gasteiger charge is -2.11. The summed E-state index contributed by atoms with van der Waals surface area (Å²) in [5, 5.41) is 3.33. The maximum atomic E-state index is 5.90. The first-order valence-corrected chi connectivity index (χ1v) is 6.39. The molecule has 1 N–H and O–H groups in total. The molecule has 3 heteroatoms. The fraction of sp³-hybridized carbons (Fsp3) is 0.429. The molecule has 1 aromatic rings. The molecule has 94 valence electrons. The molecule has 17 heavy (non-hydrogen) atoms. The monoisotopic (exact) mass is 253 g/mol. The standard InChI is InChI=1S/C14H20ClNO/c1-4-17-14-6-5-13(9-12(14)10-15)16-8-7-11(2)3/h5-7,9,16H,4,8,10H2,1-3H3. The van der Waals surface area contributed by atoms with Gasteiger partial charge in [0.05, 0.1) is 12.5 Å². The molecule has 0 radical (unpaired) electrons. The molecule has 1 rings (SSSR count). The molecule has 0 saturated carbocycles. The van der Waals surface area contributed by atoms with Crippen LogP contribution in [0.25, 0.3) is 0 Å². The SMILES string of the molecule is CCOc1ccc(NCC=C(C)C)cc1CCl. The average molecular weight is 254 g/mol. The van der Waals surface area contributed by atoms with Gasteiger partial charge in [-0.25, -0.2) is 0 Å². The van der Waals surface area contributed by atoms with Gasteiger partial charge >= 0.3 is 0 Å². The first-order chi connectivity index (χ1) is 8.17. The van der Waals surface area contributed by atoms with Crippen LogP contribution < -0.4 is 10.1 Å². The highest BCUT2D eigenvalue weighted by atomic mass is 35.5. The minimum Gasteiger partial charge on any atom is -0.494 e. The Morgan fingerprint density at radius 2 is 2.18 bits per heavy atom. The van der Waals surface area contributed by atoms with E-state index in [9.17, 15) is 0 Å². The highest BCUT2D eigenvalue weighted by Crippen LogP contribution is 2.24. The van der Waals surface area contributed by atoms with Crippen LogP contribution in [0.4, 0.5) is 5.69 Å². The van der Waals surface area contributed by atoms with Crippen molar-refractivity contribution in [1.29, 1.82) is 0 Å². The van der Waals surface area contributed by atoms with E-state index in [4.69, 9.17) is 16.3 Å². The van der Waals surface area contributed by atoms with Crippen molar-refractivity contribution in [2.45, 2.75) is 26.7 Å². The van der Waals surface area contributed by atoms with E-state index in [0.29, 0.717) is 12.5 Å². The van der Waals surface area contributed by atoms with Crippen LogP contribution >= 0.6 is 11.6 Å². The van der Waals surface area contributed by atoms with Gasteiger partial charge in [0.1, 0.15) is 5.75 Å². The van der Waals surface area contributed by atoms with Crippen molar-refractivity contribution in [2.75, 3.05) is 18.5 Å². The number of allylic oxidation sites excluding steroid dienone is 1. The molecule has 0 saturated heterocycles. The van der Waals surface area contributed by atoms with Gasteiger partial charge in [0.15, 0.2) is 0 Å². The second kappa shape index (κ2) is 7.23. The summed E-state index contributed by atoms with van der Waals surface area (Å²) in [6.07, 6.45) is 2.15. The predicted molar refractivity (Wildman–Crippen MR) is 75.1 cm³/mol. The molecule has 0 amide bonds. The maximum absolute atomic E-state index is 5.90. The Balaban J connectivity index is 2.72. The van der Waals surface area contributed by atoms with Gasteiger partial charge in [0, 0.05) is 17.8 Å². The average Bonchev–Trinajstić information content (AvgIpc) is 2.30. The molecule has 0 bridgehead atoms. The molecular formula is C14H20ClNO. The third-order valence-electron chi connectivity index (χ3n) is 2.32. The quantitative estimate of drug-likeness (QED) is 0.606. The highest BCUT2D eigenvalue weighted by molar-refractivity contribution is 6.17. The number of hydrogen-bond acceptors (Lipinski definition) is 2. The summed E-state index contributed by atoms with van der Waals surface area (Å²) in [7, 11) is 0. The van der Waals surface area contributed by atoms with Crippen molar-refractivity contribution >= 4 is 17.3 Å². The summed E-state index contributed by atoms with van der Waals surface area (Å²) in [5.74, 6) is 1.34. The highest BCUT2D eigenvalue weighted by Gasteiger charge is 2.03. The topological polar surface area (TPSA) is 21.3 Å². The summed E-state index contributed by atoms with van der Waals surface area (Å²) < 4.78 is 5.50. The number of nitrogens with one attached hydrogen (secondary N) is 1. The van der Waals surface area contributed by atoms with Gasteiger partial charge in [-0.15, -0.1) is 11.6 Å². The number of anilines is 1. The normalized spacial score (nSPS) is 9.88. The lowest BCUT2D eigenvalue weighted by Crippen LogP contribution is -2.01. The summed E-state index contributed by atoms with van der Waals surface area (Å²) in [5.41, 5.74) is 3.40. The Morgan fingerprint density at radius 1 is 1.41 bits per heavy atom. The Morgan fingerprint density at radius 3 is 2.76 bits per heavy atom. The molecule has 2 nitrogen and oxygen atoms in total. The summed E-state index contributed by atoms with van der Waals surface area (Å²) in [6.45, 7) is 7.64. The molecule has 0 aliphatic rings. The number of halogens is 1. The van der Waals surface area contributed by atoms with Gasteiger partial charge < -0.3 is 10.1 Å². The molecule has 0 unspecified atom stereocenters. The first-order valence-electron chi connectivity index (χ1n) is 5.86. The second-order valence-corrected chi connectivity index (χ2v) is 4.32. The minimum absolute atomic E-state index is 0.466. The van der Waals surface area contributed by atoms with Crippen molar-refractivity contribution < 1.29 is 4.74 Å². The number of benzene rings is 1. The largest absolute Gasteiger partial charge is 0.494 e. The zero-order valence-corrected chi connectivity index (χ0v) is 11.5. The van der Waals surface area contributed by atoms with Gasteiger partial charge in [0.2, 0.25) is 0 Å². The summed E-state index contributed by atoms with van der Waals surface area (Å²) >= 11 is 5.90. The zero-order chi connectivity index (χ0) is 12.7. The van der Waals surface area contributed by atoms with E-state index in [2.05, 4.69) is 25.2 Å². The molecule has 0 heterocycles. The van der Waals surface area contributed by atoms with Gasteiger partial charge in [-0.2, -0.15) is 0 Å². The molecule has 0 atom stereocenters. The van der Waals surface area contributed by atoms with Crippen LogP contribution in [-0.2, 0) is 5.88 Å². The molecule has 0 aliphatic carbocycles. The van der Waals surface area contributed by atoms with Gasteiger partial charge in [-0.3, -0.25) is 0 Å². The van der Waals surface area contributed by atoms with Crippen molar-refractivity contribution in [2.24, 2.45) is 0 Å². The van der Waals surface area contributed by atoms with E-state index in [1.807, 2.05) is 25.1 Å². The fourth-order valence-electron chi connectivity index (χ4n) is 1.46. The van der Waals surface area contributed by atoms with E-state index < -0.39 is 0 Å². The van der Waals surface area contributed by atoms with E-state index in [-0.39, 0.29) is 0 Å². The Hall–Kier alpha value is -1.15. The van der Waals surface area contributed by atoms with E-state index in [1.165, 1.54) is 5.57 Å². The number of ether oxygens (including phenoxy) is 1. The minimum atomic E-state index is 0.466. The van der Waals surface area contributed by atoms with Crippen molar-refractivity contribution in [1.82, 2.24) is 0 Å². The molecule has 0 spiro atoms. The maximum Gasteiger partial charge on any atom is 0.123 e. The fourth-order valence-corrected chi connectivity index (χ4v) is 1.67. The van der Waals surface area contributed by atoms with Crippen LogP contribution in [-0.4, -0.2) is 13.2 Å². The zero-order valence-electron chi connectivity index (χ0n) is 10.7. The van der Waals surface area contributed by atoms with Crippen LogP contribution in [0.15, 0.2) is 29.8 Å². The molecule has 1 aromatic carbocycles. The van der Waals surface area contributed by atoms with E-state index in [1.54, 1.807) is 0 Å². The Kier molecular flexibility index (Phi) is 5.92. The van der Waals surface area contributed by atoms with Crippen molar-refractivity contribution in [3.05, 3.63) is 35.4 Å². The number of hydrogen-bond donors (Lipinski definition) is 1. The smallest absolute Gasteiger partial charge is 0.123 e. The molecule has 0 fully saturated rings. The van der Waals surface area contributed by atoms with E-state index >= 15 is 0 Å². The summed E-state index contributed by atoms with van der Waals surface area (Å²) in [4.78, 5) is 0. The Bertz CT molecular complexity index is 384. The van der Waals surface area contributed by atoms with Gasteiger partial charge in [-0.05, 0) is 39.0 Å². The lowest BCUT2D eigenvalue weighted by atomic mass is 10.2. The number of rotatable bonds is 6. The van der Waals surface area contributed by atoms with Crippen molar-refractivity contribution in [3.8, 4) is 5.75 Å².